The maximum Gasteiger partial charge on any atom is 0.244 e. The number of sulfonamides is 1. The van der Waals surface area contributed by atoms with Crippen LogP contribution in [0.15, 0.2) is 78.9 Å². The molecule has 0 saturated carbocycles. The quantitative estimate of drug-likeness (QED) is 0.301. The van der Waals surface area contributed by atoms with E-state index in [9.17, 15) is 22.4 Å². The topological polar surface area (TPSA) is 96.0 Å². The molecule has 0 heterocycles. The van der Waals surface area contributed by atoms with E-state index >= 15 is 0 Å². The Morgan fingerprint density at radius 2 is 1.59 bits per heavy atom. The Hall–Kier alpha value is -3.92. The van der Waals surface area contributed by atoms with Gasteiger partial charge in [0.05, 0.1) is 18.6 Å². The molecule has 2 atom stereocenters. The summed E-state index contributed by atoms with van der Waals surface area (Å²) in [5, 5.41) is 2.95. The Balaban J connectivity index is 2.05. The van der Waals surface area contributed by atoms with Gasteiger partial charge in [-0.2, -0.15) is 0 Å². The molecule has 0 aliphatic carbocycles. The number of hydrogen-bond acceptors (Lipinski definition) is 5. The first-order valence-corrected chi connectivity index (χ1v) is 15.5. The van der Waals surface area contributed by atoms with Gasteiger partial charge < -0.3 is 15.0 Å². The summed E-state index contributed by atoms with van der Waals surface area (Å²) in [7, 11) is -3.91. The Kier molecular flexibility index (Phi) is 11.3. The van der Waals surface area contributed by atoms with Crippen molar-refractivity contribution in [1.82, 2.24) is 10.2 Å². The van der Waals surface area contributed by atoms with Gasteiger partial charge in [-0.3, -0.25) is 13.9 Å². The lowest BCUT2D eigenvalue weighted by Crippen LogP contribution is -2.54. The summed E-state index contributed by atoms with van der Waals surface area (Å²) < 4.78 is 47.0. The number of nitrogens with zero attached hydrogens (tertiary/aromatic N) is 2. The Labute approximate surface area is 242 Å². The molecule has 3 aromatic carbocycles. The summed E-state index contributed by atoms with van der Waals surface area (Å²) in [5.41, 5.74) is 1.27. The number of benzene rings is 3. The fourth-order valence-corrected chi connectivity index (χ4v) is 5.14. The van der Waals surface area contributed by atoms with Crippen LogP contribution in [0.5, 0.6) is 5.75 Å². The highest BCUT2D eigenvalue weighted by atomic mass is 32.2. The average Bonchev–Trinajstić information content (AvgIpc) is 2.95. The van der Waals surface area contributed by atoms with Crippen LogP contribution in [0.3, 0.4) is 0 Å². The Morgan fingerprint density at radius 1 is 0.951 bits per heavy atom. The van der Waals surface area contributed by atoms with Gasteiger partial charge in [0.25, 0.3) is 0 Å². The Morgan fingerprint density at radius 3 is 2.17 bits per heavy atom. The number of halogens is 1. The molecular formula is C31H38FN3O5S. The second kappa shape index (κ2) is 14.6. The minimum absolute atomic E-state index is 0.158. The van der Waals surface area contributed by atoms with Crippen LogP contribution in [-0.4, -0.2) is 56.6 Å². The summed E-state index contributed by atoms with van der Waals surface area (Å²) >= 11 is 0. The number of carbonyl (C=O) groups excluding carboxylic acids is 2. The standard InChI is InChI=1S/C31H38FN3O5S/c1-5-23(3)33-31(37)29(20-24-12-8-7-9-13-24)34(21-25-14-10-11-15-28(25)32)30(36)22-35(41(4,38)39)26-16-18-27(19-17-26)40-6-2/h7-19,23,29H,5-6,20-22H2,1-4H3,(H,33,37)/t23-,29-/m1/s1. The molecular weight excluding hydrogens is 545 g/mol. The van der Waals surface area contributed by atoms with Crippen molar-refractivity contribution in [2.24, 2.45) is 0 Å². The number of nitrogens with one attached hydrogen (secondary N) is 1. The molecule has 0 unspecified atom stereocenters. The first-order chi connectivity index (χ1) is 19.5. The van der Waals surface area contributed by atoms with E-state index in [1.807, 2.05) is 51.1 Å². The predicted molar refractivity (Wildman–Crippen MR) is 159 cm³/mol. The highest BCUT2D eigenvalue weighted by molar-refractivity contribution is 7.92. The molecule has 0 spiro atoms. The van der Waals surface area contributed by atoms with Crippen LogP contribution in [0.25, 0.3) is 0 Å². The number of rotatable bonds is 14. The van der Waals surface area contributed by atoms with Crippen molar-refractivity contribution >= 4 is 27.5 Å². The van der Waals surface area contributed by atoms with E-state index in [1.165, 1.54) is 11.0 Å². The molecule has 0 bridgehead atoms. The van der Waals surface area contributed by atoms with E-state index < -0.39 is 40.2 Å². The van der Waals surface area contributed by atoms with Crippen molar-refractivity contribution in [2.75, 3.05) is 23.7 Å². The molecule has 1 N–H and O–H groups in total. The van der Waals surface area contributed by atoms with Gasteiger partial charge in [-0.05, 0) is 56.2 Å². The van der Waals surface area contributed by atoms with Crippen LogP contribution in [0.1, 0.15) is 38.3 Å². The Bertz CT molecular complexity index is 1400. The van der Waals surface area contributed by atoms with Crippen molar-refractivity contribution in [3.8, 4) is 5.75 Å². The molecule has 3 rings (SSSR count). The van der Waals surface area contributed by atoms with Crippen LogP contribution in [0.2, 0.25) is 0 Å². The van der Waals surface area contributed by atoms with Crippen LogP contribution in [0.4, 0.5) is 10.1 Å². The molecule has 0 saturated heterocycles. The molecule has 2 amide bonds. The van der Waals surface area contributed by atoms with E-state index in [-0.39, 0.29) is 30.3 Å². The number of ether oxygens (including phenoxy) is 1. The van der Waals surface area contributed by atoms with Gasteiger partial charge in [-0.1, -0.05) is 55.5 Å². The van der Waals surface area contributed by atoms with Crippen molar-refractivity contribution in [3.05, 3.63) is 95.8 Å². The summed E-state index contributed by atoms with van der Waals surface area (Å²) in [6, 6.07) is 20.4. The second-order valence-corrected chi connectivity index (χ2v) is 11.7. The zero-order chi connectivity index (χ0) is 30.0. The predicted octanol–water partition coefficient (Wildman–Crippen LogP) is 4.55. The molecule has 0 aliphatic rings. The largest absolute Gasteiger partial charge is 0.494 e. The minimum Gasteiger partial charge on any atom is -0.494 e. The SMILES string of the molecule is CCOc1ccc(N(CC(=O)N(Cc2ccccc2F)[C@H](Cc2ccccc2)C(=O)N[C@H](C)CC)S(C)(=O)=O)cc1. The number of carbonyl (C=O) groups is 2. The summed E-state index contributed by atoms with van der Waals surface area (Å²) in [4.78, 5) is 29.0. The highest BCUT2D eigenvalue weighted by Crippen LogP contribution is 2.23. The van der Waals surface area contributed by atoms with Gasteiger partial charge in [-0.25, -0.2) is 12.8 Å². The van der Waals surface area contributed by atoms with E-state index in [2.05, 4.69) is 5.32 Å². The highest BCUT2D eigenvalue weighted by Gasteiger charge is 2.33. The van der Waals surface area contributed by atoms with Gasteiger partial charge in [0, 0.05) is 24.6 Å². The number of anilines is 1. The lowest BCUT2D eigenvalue weighted by atomic mass is 10.0. The molecule has 0 aliphatic heterocycles. The zero-order valence-electron chi connectivity index (χ0n) is 23.9. The zero-order valence-corrected chi connectivity index (χ0v) is 24.7. The molecule has 0 aromatic heterocycles. The van der Waals surface area contributed by atoms with Crippen molar-refractivity contribution in [1.29, 1.82) is 0 Å². The maximum atomic E-state index is 14.8. The summed E-state index contributed by atoms with van der Waals surface area (Å²) in [6.07, 6.45) is 1.84. The fraction of sp³-hybridized carbons (Fsp3) is 0.355. The number of amides is 2. The second-order valence-electron chi connectivity index (χ2n) is 9.83. The van der Waals surface area contributed by atoms with Gasteiger partial charge >= 0.3 is 0 Å². The molecule has 3 aromatic rings. The van der Waals surface area contributed by atoms with Crippen LogP contribution in [0, 0.1) is 5.82 Å². The third-order valence-corrected chi connectivity index (χ3v) is 7.83. The smallest absolute Gasteiger partial charge is 0.244 e. The van der Waals surface area contributed by atoms with Crippen LogP contribution in [-0.2, 0) is 32.6 Å². The molecule has 0 radical (unpaired) electrons. The van der Waals surface area contributed by atoms with Crippen molar-refractivity contribution < 1.29 is 27.1 Å². The fourth-order valence-electron chi connectivity index (χ4n) is 4.29. The number of hydrogen-bond donors (Lipinski definition) is 1. The molecule has 0 fully saturated rings. The first kappa shape index (κ1) is 31.6. The maximum absolute atomic E-state index is 14.8. The van der Waals surface area contributed by atoms with Gasteiger partial charge in [0.2, 0.25) is 21.8 Å². The lowest BCUT2D eigenvalue weighted by Gasteiger charge is -2.34. The molecule has 8 nitrogen and oxygen atoms in total. The van der Waals surface area contributed by atoms with E-state index in [0.717, 1.165) is 16.1 Å². The molecule has 10 heteroatoms. The van der Waals surface area contributed by atoms with E-state index in [4.69, 9.17) is 4.74 Å². The van der Waals surface area contributed by atoms with Crippen LogP contribution >= 0.6 is 0 Å². The van der Waals surface area contributed by atoms with Crippen molar-refractivity contribution in [2.45, 2.75) is 52.2 Å². The van der Waals surface area contributed by atoms with Gasteiger partial charge in [-0.15, -0.1) is 0 Å². The normalized spacial score (nSPS) is 12.7. The van der Waals surface area contributed by atoms with Gasteiger partial charge in [0.15, 0.2) is 0 Å². The lowest BCUT2D eigenvalue weighted by molar-refractivity contribution is -0.140. The van der Waals surface area contributed by atoms with E-state index in [1.54, 1.807) is 42.5 Å². The third-order valence-electron chi connectivity index (χ3n) is 6.69. The summed E-state index contributed by atoms with van der Waals surface area (Å²) in [6.45, 7) is 5.27. The minimum atomic E-state index is -3.91. The molecule has 41 heavy (non-hydrogen) atoms. The average molecular weight is 584 g/mol. The van der Waals surface area contributed by atoms with E-state index in [0.29, 0.717) is 18.8 Å². The monoisotopic (exact) mass is 583 g/mol. The third kappa shape index (κ3) is 9.04. The van der Waals surface area contributed by atoms with Crippen molar-refractivity contribution in [3.63, 3.8) is 0 Å². The van der Waals surface area contributed by atoms with Gasteiger partial charge in [0.1, 0.15) is 24.2 Å². The summed E-state index contributed by atoms with van der Waals surface area (Å²) in [5.74, 6) is -1.02. The molecule has 220 valence electrons. The van der Waals surface area contributed by atoms with Crippen LogP contribution < -0.4 is 14.4 Å². The first-order valence-electron chi connectivity index (χ1n) is 13.6.